The minimum Gasteiger partial charge on any atom is -0.507 e. The number of aliphatic hydroxyl groups is 1. The van der Waals surface area contributed by atoms with Gasteiger partial charge >= 0.3 is 0 Å². The number of hydrogen-bond acceptors (Lipinski definition) is 6. The van der Waals surface area contributed by atoms with Crippen LogP contribution in [0.1, 0.15) is 36.5 Å². The van der Waals surface area contributed by atoms with Gasteiger partial charge in [-0.05, 0) is 61.1 Å². The van der Waals surface area contributed by atoms with Crippen molar-refractivity contribution in [1.82, 2.24) is 5.32 Å². The van der Waals surface area contributed by atoms with Crippen LogP contribution in [0.2, 0.25) is 0 Å². The molecule has 1 fully saturated rings. The minimum atomic E-state index is -3.56. The van der Waals surface area contributed by atoms with Gasteiger partial charge in [-0.3, -0.25) is 0 Å². The molecule has 6 nitrogen and oxygen atoms in total. The third kappa shape index (κ3) is 5.85. The highest BCUT2D eigenvalue weighted by Gasteiger charge is 2.30. The SMILES string of the molecule is COc1ccc(CCC2CCC(C(O)c3ccc(O)c(S(C)(=O)=O)c3)N2)cc1.Cl. The summed E-state index contributed by atoms with van der Waals surface area (Å²) < 4.78 is 28.8. The largest absolute Gasteiger partial charge is 0.507 e. The van der Waals surface area contributed by atoms with E-state index >= 15 is 0 Å². The molecular weight excluding hydrogens is 414 g/mol. The molecule has 29 heavy (non-hydrogen) atoms. The average Bonchev–Trinajstić information content (AvgIpc) is 3.14. The molecule has 0 spiro atoms. The Kier molecular flexibility index (Phi) is 7.94. The van der Waals surface area contributed by atoms with Gasteiger partial charge in [-0.15, -0.1) is 12.4 Å². The van der Waals surface area contributed by atoms with Crippen LogP contribution in [0.3, 0.4) is 0 Å². The fraction of sp³-hybridized carbons (Fsp3) is 0.429. The molecule has 3 N–H and O–H groups in total. The number of aliphatic hydroxyl groups excluding tert-OH is 1. The Morgan fingerprint density at radius 3 is 2.48 bits per heavy atom. The van der Waals surface area contributed by atoms with Crippen molar-refractivity contribution >= 4 is 22.2 Å². The smallest absolute Gasteiger partial charge is 0.179 e. The van der Waals surface area contributed by atoms with Crippen molar-refractivity contribution in [3.8, 4) is 11.5 Å². The van der Waals surface area contributed by atoms with Gasteiger partial charge in [-0.1, -0.05) is 18.2 Å². The molecule has 3 unspecified atom stereocenters. The quantitative estimate of drug-likeness (QED) is 0.611. The van der Waals surface area contributed by atoms with Gasteiger partial charge in [0.25, 0.3) is 0 Å². The number of methoxy groups -OCH3 is 1. The minimum absolute atomic E-state index is 0. The summed E-state index contributed by atoms with van der Waals surface area (Å²) in [6.45, 7) is 0. The number of aromatic hydroxyl groups is 1. The number of nitrogens with one attached hydrogen (secondary N) is 1. The number of ether oxygens (including phenoxy) is 1. The van der Waals surface area contributed by atoms with Crippen molar-refractivity contribution < 1.29 is 23.4 Å². The predicted molar refractivity (Wildman–Crippen MR) is 115 cm³/mol. The zero-order valence-electron chi connectivity index (χ0n) is 16.5. The standard InChI is InChI=1S/C21H27NO5S.ClH/c1-27-17-9-4-14(5-10-17)3-7-16-8-11-18(22-16)21(24)15-6-12-19(23)20(13-15)28(2,25)26;/h4-6,9-10,12-13,16,18,21-24H,3,7-8,11H2,1-2H3;1H. The average molecular weight is 442 g/mol. The summed E-state index contributed by atoms with van der Waals surface area (Å²) in [6, 6.07) is 12.4. The summed E-state index contributed by atoms with van der Waals surface area (Å²) in [5.41, 5.74) is 1.73. The summed E-state index contributed by atoms with van der Waals surface area (Å²) in [4.78, 5) is -0.155. The second kappa shape index (κ2) is 9.80. The van der Waals surface area contributed by atoms with Gasteiger partial charge in [-0.25, -0.2) is 8.42 Å². The van der Waals surface area contributed by atoms with Crippen LogP contribution >= 0.6 is 12.4 Å². The molecule has 0 amide bonds. The molecule has 1 aliphatic heterocycles. The molecule has 8 heteroatoms. The van der Waals surface area contributed by atoms with E-state index in [0.717, 1.165) is 37.7 Å². The first-order chi connectivity index (χ1) is 13.3. The monoisotopic (exact) mass is 441 g/mol. The lowest BCUT2D eigenvalue weighted by Gasteiger charge is -2.21. The zero-order chi connectivity index (χ0) is 20.3. The fourth-order valence-electron chi connectivity index (χ4n) is 3.70. The predicted octanol–water partition coefficient (Wildman–Crippen LogP) is 3.01. The van der Waals surface area contributed by atoms with Crippen molar-refractivity contribution in [3.05, 3.63) is 53.6 Å². The van der Waals surface area contributed by atoms with E-state index in [1.807, 2.05) is 12.1 Å². The molecular formula is C21H28ClNO5S. The maximum Gasteiger partial charge on any atom is 0.179 e. The maximum atomic E-state index is 11.8. The van der Waals surface area contributed by atoms with Gasteiger partial charge < -0.3 is 20.3 Å². The highest BCUT2D eigenvalue weighted by molar-refractivity contribution is 7.90. The Morgan fingerprint density at radius 1 is 1.17 bits per heavy atom. The Hall–Kier alpha value is -1.80. The first kappa shape index (κ1) is 23.5. The summed E-state index contributed by atoms with van der Waals surface area (Å²) >= 11 is 0. The Labute approximate surface area is 178 Å². The molecule has 0 saturated carbocycles. The molecule has 1 aliphatic rings. The number of aryl methyl sites for hydroxylation is 1. The van der Waals surface area contributed by atoms with E-state index in [1.54, 1.807) is 13.2 Å². The van der Waals surface area contributed by atoms with Gasteiger partial charge in [0.05, 0.1) is 13.2 Å². The molecule has 1 heterocycles. The van der Waals surface area contributed by atoms with E-state index in [9.17, 15) is 18.6 Å². The first-order valence-corrected chi connectivity index (χ1v) is 11.3. The van der Waals surface area contributed by atoms with Crippen molar-refractivity contribution in [3.63, 3.8) is 0 Å². The van der Waals surface area contributed by atoms with Crippen LogP contribution < -0.4 is 10.1 Å². The second-order valence-electron chi connectivity index (χ2n) is 7.38. The van der Waals surface area contributed by atoms with Gasteiger partial charge in [0.15, 0.2) is 9.84 Å². The summed E-state index contributed by atoms with van der Waals surface area (Å²) in [7, 11) is -1.91. The highest BCUT2D eigenvalue weighted by Crippen LogP contribution is 2.31. The van der Waals surface area contributed by atoms with E-state index in [4.69, 9.17) is 4.74 Å². The van der Waals surface area contributed by atoms with Gasteiger partial charge in [0.2, 0.25) is 0 Å². The molecule has 3 rings (SSSR count). The fourth-order valence-corrected chi connectivity index (χ4v) is 4.50. The molecule has 0 aromatic heterocycles. The van der Waals surface area contributed by atoms with Crippen molar-refractivity contribution in [2.45, 2.75) is 48.8 Å². The lowest BCUT2D eigenvalue weighted by Crippen LogP contribution is -2.34. The van der Waals surface area contributed by atoms with Crippen LogP contribution in [0.25, 0.3) is 0 Å². The topological polar surface area (TPSA) is 95.9 Å². The maximum absolute atomic E-state index is 11.8. The van der Waals surface area contributed by atoms with Gasteiger partial charge in [0, 0.05) is 18.3 Å². The van der Waals surface area contributed by atoms with Crippen LogP contribution in [0, 0.1) is 0 Å². The molecule has 0 radical (unpaired) electrons. The third-order valence-electron chi connectivity index (χ3n) is 5.32. The summed E-state index contributed by atoms with van der Waals surface area (Å²) in [5, 5.41) is 24.0. The molecule has 0 bridgehead atoms. The Bertz CT molecular complexity index is 917. The molecule has 3 atom stereocenters. The summed E-state index contributed by atoms with van der Waals surface area (Å²) in [6.07, 6.45) is 3.87. The molecule has 160 valence electrons. The van der Waals surface area contributed by atoms with E-state index in [0.29, 0.717) is 11.6 Å². The van der Waals surface area contributed by atoms with E-state index < -0.39 is 15.9 Å². The lowest BCUT2D eigenvalue weighted by molar-refractivity contribution is 0.134. The van der Waals surface area contributed by atoms with Crippen molar-refractivity contribution in [2.75, 3.05) is 13.4 Å². The Morgan fingerprint density at radius 2 is 1.86 bits per heavy atom. The molecule has 2 aromatic rings. The normalized spacial score (nSPS) is 20.1. The van der Waals surface area contributed by atoms with Crippen LogP contribution in [0.4, 0.5) is 0 Å². The lowest BCUT2D eigenvalue weighted by atomic mass is 10.0. The number of hydrogen-bond donors (Lipinski definition) is 3. The molecule has 1 saturated heterocycles. The van der Waals surface area contributed by atoms with Crippen molar-refractivity contribution in [1.29, 1.82) is 0 Å². The van der Waals surface area contributed by atoms with Gasteiger partial charge in [0.1, 0.15) is 16.4 Å². The Balaban J connectivity index is 0.00000300. The van der Waals surface area contributed by atoms with Crippen LogP contribution in [-0.2, 0) is 16.3 Å². The number of phenols is 1. The van der Waals surface area contributed by atoms with Crippen molar-refractivity contribution in [2.24, 2.45) is 0 Å². The molecule has 0 aliphatic carbocycles. The van der Waals surface area contributed by atoms with Crippen LogP contribution in [0.15, 0.2) is 47.4 Å². The number of halogens is 1. The zero-order valence-corrected chi connectivity index (χ0v) is 18.2. The third-order valence-corrected chi connectivity index (χ3v) is 6.45. The number of phenolic OH excluding ortho intramolecular Hbond substituents is 1. The number of sulfone groups is 1. The number of rotatable bonds is 7. The molecule has 2 aromatic carbocycles. The van der Waals surface area contributed by atoms with Crippen LogP contribution in [0.5, 0.6) is 11.5 Å². The second-order valence-corrected chi connectivity index (χ2v) is 9.36. The van der Waals surface area contributed by atoms with E-state index in [2.05, 4.69) is 17.4 Å². The summed E-state index contributed by atoms with van der Waals surface area (Å²) in [5.74, 6) is 0.545. The number of benzene rings is 2. The van der Waals surface area contributed by atoms with Crippen LogP contribution in [-0.4, -0.2) is 44.1 Å². The van der Waals surface area contributed by atoms with E-state index in [1.165, 1.54) is 17.7 Å². The highest BCUT2D eigenvalue weighted by atomic mass is 35.5. The first-order valence-electron chi connectivity index (χ1n) is 9.38. The van der Waals surface area contributed by atoms with Gasteiger partial charge in [-0.2, -0.15) is 0 Å². The van der Waals surface area contributed by atoms with E-state index in [-0.39, 0.29) is 29.1 Å².